The normalized spacial score (nSPS) is 22.1. The molecule has 1 aliphatic rings. The quantitative estimate of drug-likeness (QED) is 0.126. The number of hydrogen-bond acceptors (Lipinski definition) is 9. The molecular formula is C32H41F2N5O5SSi. The molecule has 0 saturated carbocycles. The van der Waals surface area contributed by atoms with Crippen molar-refractivity contribution in [1.82, 2.24) is 14.9 Å². The van der Waals surface area contributed by atoms with Crippen molar-refractivity contribution in [3.05, 3.63) is 58.9 Å². The van der Waals surface area contributed by atoms with Gasteiger partial charge in [0.2, 0.25) is 5.95 Å². The third kappa shape index (κ3) is 8.77. The number of nitriles is 1. The van der Waals surface area contributed by atoms with E-state index in [1.807, 2.05) is 6.07 Å². The van der Waals surface area contributed by atoms with Crippen LogP contribution in [0, 0.1) is 23.2 Å². The van der Waals surface area contributed by atoms with E-state index in [-0.39, 0.29) is 34.3 Å². The van der Waals surface area contributed by atoms with Gasteiger partial charge in [-0.15, -0.1) is 0 Å². The van der Waals surface area contributed by atoms with E-state index in [0.29, 0.717) is 6.61 Å². The molecule has 3 atom stereocenters. The lowest BCUT2D eigenvalue weighted by Gasteiger charge is -2.46. The van der Waals surface area contributed by atoms with Crippen LogP contribution in [-0.2, 0) is 19.8 Å². The zero-order valence-corrected chi connectivity index (χ0v) is 29.5. The molecule has 0 aromatic carbocycles. The largest absolute Gasteiger partial charge is 0.480 e. The molecule has 46 heavy (non-hydrogen) atoms. The molecule has 0 unspecified atom stereocenters. The Hall–Kier alpha value is -3.67. The van der Waals surface area contributed by atoms with E-state index < -0.39 is 53.7 Å². The number of hydrogen-bond donors (Lipinski definition) is 1. The van der Waals surface area contributed by atoms with Gasteiger partial charge in [-0.2, -0.15) is 9.65 Å². The molecular weight excluding hydrogens is 633 g/mol. The van der Waals surface area contributed by atoms with Crippen LogP contribution in [0.3, 0.4) is 0 Å². The van der Waals surface area contributed by atoms with Crippen LogP contribution in [0.5, 0.6) is 0 Å². The van der Waals surface area contributed by atoms with Crippen molar-refractivity contribution in [2.45, 2.75) is 83.1 Å². The number of carboxylic acid groups (broad SMARTS) is 1. The number of aromatic nitrogens is 2. The zero-order chi connectivity index (χ0) is 34.7. The fourth-order valence-electron chi connectivity index (χ4n) is 4.53. The number of ether oxygens (including phenoxy) is 2. The van der Waals surface area contributed by atoms with E-state index in [1.54, 1.807) is 34.6 Å². The maximum atomic E-state index is 15.6. The van der Waals surface area contributed by atoms with Crippen molar-refractivity contribution < 1.29 is 33.0 Å². The highest BCUT2D eigenvalue weighted by molar-refractivity contribution is 8.15. The Kier molecular flexibility index (Phi) is 11.2. The first-order valence-corrected chi connectivity index (χ1v) is 19.2. The summed E-state index contributed by atoms with van der Waals surface area (Å²) in [4.78, 5) is 40.1. The van der Waals surface area contributed by atoms with Crippen molar-refractivity contribution in [3.63, 3.8) is 0 Å². The molecule has 14 heteroatoms. The van der Waals surface area contributed by atoms with Gasteiger partial charge in [0, 0.05) is 38.6 Å². The maximum absolute atomic E-state index is 15.6. The van der Waals surface area contributed by atoms with E-state index in [9.17, 15) is 14.7 Å². The molecule has 3 rings (SSSR count). The Labute approximate surface area is 273 Å². The van der Waals surface area contributed by atoms with Crippen LogP contribution >= 0.6 is 11.8 Å². The lowest BCUT2D eigenvalue weighted by atomic mass is 9.74. The van der Waals surface area contributed by atoms with Gasteiger partial charge >= 0.3 is 12.1 Å². The summed E-state index contributed by atoms with van der Waals surface area (Å²) in [5.74, 6) is -3.73. The van der Waals surface area contributed by atoms with Crippen molar-refractivity contribution >= 4 is 49.0 Å². The summed E-state index contributed by atoms with van der Waals surface area (Å²) in [7, 11) is -1.47. The molecule has 3 heterocycles. The molecule has 1 N–H and O–H groups in total. The number of aliphatic imine (C=N–C) groups is 1. The molecule has 0 saturated heterocycles. The van der Waals surface area contributed by atoms with Gasteiger partial charge in [0.25, 0.3) is 0 Å². The first-order chi connectivity index (χ1) is 21.2. The number of aliphatic carboxylic acids is 1. The SMILES string of the molecule is C[C@@H]1[C@@](C)(C(=O)O)SC(N(COCC[Si](C)(C)C)C(=O)OC(C)(C)C)=N[C@]1(C)c1cc(/C=C(\F)c2ccc(C#N)cn2)cnc1F. The summed E-state index contributed by atoms with van der Waals surface area (Å²) >= 11 is 0.852. The van der Waals surface area contributed by atoms with Crippen LogP contribution in [0.4, 0.5) is 13.6 Å². The first-order valence-electron chi connectivity index (χ1n) is 14.7. The van der Waals surface area contributed by atoms with Crippen molar-refractivity contribution in [1.29, 1.82) is 5.26 Å². The minimum absolute atomic E-state index is 0.0268. The summed E-state index contributed by atoms with van der Waals surface area (Å²) in [6.07, 6.45) is 2.67. The molecule has 0 fully saturated rings. The standard InChI is InChI=1S/C32H41F2N5O5SSi/c1-20-31(5,23-14-22(18-37-26(23)34)15-24(33)25-11-10-21(16-35)17-36-25)38-28(45-32(20,6)27(40)41)39(29(42)44-30(2,3)4)19-43-12-13-46(7,8)9/h10-11,14-15,17-18,20H,12-13,19H2,1-9H3,(H,40,41)/b24-15-/t20-,31-,32-/m0/s1. The average molecular weight is 674 g/mol. The predicted molar refractivity (Wildman–Crippen MR) is 177 cm³/mol. The molecule has 2 aromatic rings. The number of carbonyl (C=O) groups excluding carboxylic acids is 1. The van der Waals surface area contributed by atoms with Crippen LogP contribution in [-0.4, -0.2) is 69.0 Å². The summed E-state index contributed by atoms with van der Waals surface area (Å²) in [5, 5.41) is 19.4. The maximum Gasteiger partial charge on any atom is 0.418 e. The molecule has 2 aromatic heterocycles. The highest BCUT2D eigenvalue weighted by Gasteiger charge is 2.56. The monoisotopic (exact) mass is 673 g/mol. The lowest BCUT2D eigenvalue weighted by molar-refractivity contribution is -0.141. The number of carbonyl (C=O) groups is 2. The number of amides is 1. The fourth-order valence-corrected chi connectivity index (χ4v) is 6.63. The number of amidine groups is 1. The minimum Gasteiger partial charge on any atom is -0.480 e. The van der Waals surface area contributed by atoms with Gasteiger partial charge in [0.1, 0.15) is 29.0 Å². The van der Waals surface area contributed by atoms with Gasteiger partial charge in [0.05, 0.1) is 16.8 Å². The van der Waals surface area contributed by atoms with Gasteiger partial charge in [-0.1, -0.05) is 38.3 Å². The van der Waals surface area contributed by atoms with E-state index in [4.69, 9.17) is 19.7 Å². The van der Waals surface area contributed by atoms with E-state index >= 15 is 8.78 Å². The zero-order valence-electron chi connectivity index (χ0n) is 27.6. The second-order valence-electron chi connectivity index (χ2n) is 13.7. The molecule has 0 spiro atoms. The van der Waals surface area contributed by atoms with Crippen molar-refractivity contribution in [2.75, 3.05) is 13.3 Å². The van der Waals surface area contributed by atoms with Crippen LogP contribution in [0.1, 0.15) is 63.9 Å². The molecule has 1 aliphatic heterocycles. The second kappa shape index (κ2) is 14.0. The topological polar surface area (TPSA) is 138 Å². The first kappa shape index (κ1) is 36.8. The average Bonchev–Trinajstić information content (AvgIpc) is 2.95. The number of nitrogens with zero attached hydrogens (tertiary/aromatic N) is 5. The van der Waals surface area contributed by atoms with Gasteiger partial charge in [-0.3, -0.25) is 14.8 Å². The summed E-state index contributed by atoms with van der Waals surface area (Å²) in [5.41, 5.74) is -2.18. The summed E-state index contributed by atoms with van der Waals surface area (Å²) in [6, 6.07) is 6.85. The molecule has 0 bridgehead atoms. The number of pyridine rings is 2. The number of thioether (sulfide) groups is 1. The van der Waals surface area contributed by atoms with E-state index in [2.05, 4.69) is 29.6 Å². The molecule has 1 amide bonds. The van der Waals surface area contributed by atoms with Gasteiger partial charge in [-0.25, -0.2) is 19.1 Å². The van der Waals surface area contributed by atoms with Gasteiger partial charge in [-0.05, 0) is 70.5 Å². The fraction of sp³-hybridized carbons (Fsp3) is 0.500. The van der Waals surface area contributed by atoms with Crippen molar-refractivity contribution in [3.8, 4) is 6.07 Å². The minimum atomic E-state index is -1.60. The van der Waals surface area contributed by atoms with E-state index in [0.717, 1.165) is 35.0 Å². The Morgan fingerprint density at radius 2 is 1.89 bits per heavy atom. The third-order valence-electron chi connectivity index (χ3n) is 7.62. The number of carboxylic acids is 1. The summed E-state index contributed by atoms with van der Waals surface area (Å²) < 4.78 is 40.7. The predicted octanol–water partition coefficient (Wildman–Crippen LogP) is 7.30. The smallest absolute Gasteiger partial charge is 0.418 e. The highest BCUT2D eigenvalue weighted by Crippen LogP contribution is 2.51. The van der Waals surface area contributed by atoms with Crippen LogP contribution in [0.15, 0.2) is 35.6 Å². The van der Waals surface area contributed by atoms with Crippen LogP contribution in [0.2, 0.25) is 25.7 Å². The van der Waals surface area contributed by atoms with Gasteiger partial charge < -0.3 is 14.6 Å². The highest BCUT2D eigenvalue weighted by atomic mass is 32.2. The second-order valence-corrected chi connectivity index (χ2v) is 20.7. The Balaban J connectivity index is 2.15. The van der Waals surface area contributed by atoms with Crippen molar-refractivity contribution in [2.24, 2.45) is 10.9 Å². The van der Waals surface area contributed by atoms with Crippen LogP contribution in [0.25, 0.3) is 11.9 Å². The number of halogens is 2. The van der Waals surface area contributed by atoms with Gasteiger partial charge in [0.15, 0.2) is 5.17 Å². The van der Waals surface area contributed by atoms with E-state index in [1.165, 1.54) is 31.3 Å². The molecule has 0 radical (unpaired) electrons. The number of rotatable bonds is 9. The summed E-state index contributed by atoms with van der Waals surface area (Å²) in [6.45, 7) is 16.4. The Morgan fingerprint density at radius 3 is 2.43 bits per heavy atom. The third-order valence-corrected chi connectivity index (χ3v) is 10.8. The molecule has 0 aliphatic carbocycles. The molecule has 248 valence electrons. The molecule has 10 nitrogen and oxygen atoms in total. The lowest BCUT2D eigenvalue weighted by Crippen LogP contribution is -2.55. The Morgan fingerprint density at radius 1 is 1.22 bits per heavy atom. The Bertz CT molecular complexity index is 1570. The van der Waals surface area contributed by atoms with Crippen LogP contribution < -0.4 is 0 Å².